The van der Waals surface area contributed by atoms with Gasteiger partial charge >= 0.3 is 0 Å². The molecule has 0 bridgehead atoms. The van der Waals surface area contributed by atoms with Crippen molar-refractivity contribution in [2.24, 2.45) is 0 Å². The first kappa shape index (κ1) is 12.6. The predicted octanol–water partition coefficient (Wildman–Crippen LogP) is 3.31. The minimum atomic E-state index is 0.816. The number of anilines is 1. The highest BCUT2D eigenvalue weighted by Crippen LogP contribution is 2.22. The number of benzene rings is 1. The van der Waals surface area contributed by atoms with E-state index in [0.717, 1.165) is 35.7 Å². The van der Waals surface area contributed by atoms with Crippen LogP contribution >= 0.6 is 0 Å². The summed E-state index contributed by atoms with van der Waals surface area (Å²) in [6.07, 6.45) is 1.91. The van der Waals surface area contributed by atoms with Crippen LogP contribution in [-0.4, -0.2) is 17.0 Å². The van der Waals surface area contributed by atoms with Gasteiger partial charge in [-0.15, -0.1) is 0 Å². The Morgan fingerprint density at radius 2 is 1.83 bits per heavy atom. The lowest BCUT2D eigenvalue weighted by Gasteiger charge is -2.09. The predicted molar refractivity (Wildman–Crippen MR) is 75.8 cm³/mol. The summed E-state index contributed by atoms with van der Waals surface area (Å²) in [7, 11) is 1.89. The molecule has 1 N–H and O–H groups in total. The second-order valence-electron chi connectivity index (χ2n) is 4.18. The molecule has 2 rings (SSSR count). The summed E-state index contributed by atoms with van der Waals surface area (Å²) in [5, 5.41) is 3.10. The fraction of sp³-hybridized carbons (Fsp3) is 0.333. The number of rotatable bonds is 4. The topological polar surface area (TPSA) is 37.8 Å². The molecule has 0 fully saturated rings. The van der Waals surface area contributed by atoms with E-state index in [2.05, 4.69) is 47.3 Å². The van der Waals surface area contributed by atoms with E-state index in [9.17, 15) is 0 Å². The van der Waals surface area contributed by atoms with Crippen LogP contribution < -0.4 is 5.32 Å². The van der Waals surface area contributed by atoms with Crippen LogP contribution in [0.15, 0.2) is 30.3 Å². The second-order valence-corrected chi connectivity index (χ2v) is 4.18. The van der Waals surface area contributed by atoms with E-state index in [4.69, 9.17) is 0 Å². The molecule has 0 unspecified atom stereocenters. The van der Waals surface area contributed by atoms with Gasteiger partial charge in [-0.2, -0.15) is 0 Å². The van der Waals surface area contributed by atoms with Crippen LogP contribution in [0.25, 0.3) is 11.4 Å². The monoisotopic (exact) mass is 241 g/mol. The number of aromatic nitrogens is 2. The molecule has 0 amide bonds. The van der Waals surface area contributed by atoms with Crippen LogP contribution in [0.1, 0.15) is 25.1 Å². The summed E-state index contributed by atoms with van der Waals surface area (Å²) >= 11 is 0. The Hall–Kier alpha value is -1.90. The Morgan fingerprint density at radius 1 is 1.06 bits per heavy atom. The molecular formula is C15H19N3. The van der Waals surface area contributed by atoms with Crippen molar-refractivity contribution in [1.82, 2.24) is 9.97 Å². The van der Waals surface area contributed by atoms with E-state index in [-0.39, 0.29) is 0 Å². The van der Waals surface area contributed by atoms with Crippen LogP contribution in [0, 0.1) is 0 Å². The van der Waals surface area contributed by atoms with Crippen molar-refractivity contribution in [2.45, 2.75) is 26.7 Å². The van der Waals surface area contributed by atoms with E-state index in [0.29, 0.717) is 0 Å². The van der Waals surface area contributed by atoms with Crippen molar-refractivity contribution >= 4 is 5.82 Å². The van der Waals surface area contributed by atoms with Crippen LogP contribution in [0.4, 0.5) is 5.82 Å². The minimum absolute atomic E-state index is 0.816. The average Bonchev–Trinajstić information content (AvgIpc) is 2.46. The molecule has 1 aromatic heterocycles. The highest BCUT2D eigenvalue weighted by atomic mass is 15.0. The van der Waals surface area contributed by atoms with Gasteiger partial charge in [0.1, 0.15) is 5.82 Å². The quantitative estimate of drug-likeness (QED) is 0.892. The molecule has 0 radical (unpaired) electrons. The summed E-state index contributed by atoms with van der Waals surface area (Å²) in [4.78, 5) is 9.18. The highest BCUT2D eigenvalue weighted by molar-refractivity contribution is 5.62. The molecule has 0 spiro atoms. The number of nitrogens with zero attached hydrogens (tertiary/aromatic N) is 2. The molecule has 18 heavy (non-hydrogen) atoms. The van der Waals surface area contributed by atoms with Crippen molar-refractivity contribution in [1.29, 1.82) is 0 Å². The van der Waals surface area contributed by atoms with Gasteiger partial charge in [0.05, 0.1) is 0 Å². The summed E-state index contributed by atoms with van der Waals surface area (Å²) in [6, 6.07) is 10.3. The second kappa shape index (κ2) is 5.63. The summed E-state index contributed by atoms with van der Waals surface area (Å²) < 4.78 is 0. The van der Waals surface area contributed by atoms with Crippen LogP contribution in [0.2, 0.25) is 0 Å². The zero-order valence-corrected chi connectivity index (χ0v) is 11.2. The van der Waals surface area contributed by atoms with Gasteiger partial charge in [0.15, 0.2) is 5.82 Å². The Bertz CT molecular complexity index is 513. The first-order chi connectivity index (χ1) is 8.78. The Balaban J connectivity index is 2.55. The SMILES string of the molecule is CCc1cc(NC)nc(-c2ccccc2CC)n1. The normalized spacial score (nSPS) is 10.4. The maximum Gasteiger partial charge on any atom is 0.162 e. The van der Waals surface area contributed by atoms with Gasteiger partial charge < -0.3 is 5.32 Å². The van der Waals surface area contributed by atoms with Crippen LogP contribution in [0.3, 0.4) is 0 Å². The fourth-order valence-electron chi connectivity index (χ4n) is 1.97. The summed E-state index contributed by atoms with van der Waals surface area (Å²) in [5.74, 6) is 1.69. The number of nitrogens with one attached hydrogen (secondary N) is 1. The molecular weight excluding hydrogens is 222 g/mol. The third-order valence-corrected chi connectivity index (χ3v) is 3.04. The van der Waals surface area contributed by atoms with E-state index < -0.39 is 0 Å². The largest absolute Gasteiger partial charge is 0.373 e. The number of hydrogen-bond acceptors (Lipinski definition) is 3. The fourth-order valence-corrected chi connectivity index (χ4v) is 1.97. The molecule has 0 aliphatic carbocycles. The minimum Gasteiger partial charge on any atom is -0.373 e. The third-order valence-electron chi connectivity index (χ3n) is 3.04. The molecule has 2 aromatic rings. The molecule has 94 valence electrons. The molecule has 0 atom stereocenters. The molecule has 0 aliphatic heterocycles. The van der Waals surface area contributed by atoms with Crippen molar-refractivity contribution in [3.8, 4) is 11.4 Å². The maximum atomic E-state index is 4.63. The van der Waals surface area contributed by atoms with E-state index in [1.165, 1.54) is 5.56 Å². The molecule has 3 heteroatoms. The van der Waals surface area contributed by atoms with Crippen LogP contribution in [-0.2, 0) is 12.8 Å². The Kier molecular flexibility index (Phi) is 3.92. The summed E-state index contributed by atoms with van der Waals surface area (Å²) in [6.45, 7) is 4.26. The molecule has 0 saturated heterocycles. The van der Waals surface area contributed by atoms with Gasteiger partial charge in [-0.05, 0) is 18.4 Å². The van der Waals surface area contributed by atoms with E-state index >= 15 is 0 Å². The zero-order valence-electron chi connectivity index (χ0n) is 11.2. The average molecular weight is 241 g/mol. The smallest absolute Gasteiger partial charge is 0.162 e. The van der Waals surface area contributed by atoms with E-state index in [1.807, 2.05) is 19.2 Å². The van der Waals surface area contributed by atoms with Crippen molar-refractivity contribution in [3.05, 3.63) is 41.6 Å². The number of hydrogen-bond donors (Lipinski definition) is 1. The van der Waals surface area contributed by atoms with Gasteiger partial charge in [0, 0.05) is 24.4 Å². The first-order valence-electron chi connectivity index (χ1n) is 6.42. The van der Waals surface area contributed by atoms with Gasteiger partial charge in [-0.1, -0.05) is 38.1 Å². The molecule has 3 nitrogen and oxygen atoms in total. The standard InChI is InChI=1S/C15H19N3/c1-4-11-8-6-7-9-13(11)15-17-12(5-2)10-14(16-3)18-15/h6-10H,4-5H2,1-3H3,(H,16,17,18). The molecule has 0 saturated carbocycles. The third kappa shape index (κ3) is 2.50. The lowest BCUT2D eigenvalue weighted by atomic mass is 10.0. The van der Waals surface area contributed by atoms with Gasteiger partial charge in [0.25, 0.3) is 0 Å². The lowest BCUT2D eigenvalue weighted by Crippen LogP contribution is -2.01. The van der Waals surface area contributed by atoms with Crippen molar-refractivity contribution < 1.29 is 0 Å². The number of aryl methyl sites for hydroxylation is 2. The van der Waals surface area contributed by atoms with Gasteiger partial charge in [-0.3, -0.25) is 0 Å². The summed E-state index contributed by atoms with van der Waals surface area (Å²) in [5.41, 5.74) is 3.48. The first-order valence-corrected chi connectivity index (χ1v) is 6.42. The van der Waals surface area contributed by atoms with Gasteiger partial charge in [-0.25, -0.2) is 9.97 Å². The maximum absolute atomic E-state index is 4.63. The van der Waals surface area contributed by atoms with Crippen molar-refractivity contribution in [2.75, 3.05) is 12.4 Å². The van der Waals surface area contributed by atoms with Crippen molar-refractivity contribution in [3.63, 3.8) is 0 Å². The Labute approximate surface area is 108 Å². The zero-order chi connectivity index (χ0) is 13.0. The Morgan fingerprint density at radius 3 is 2.50 bits per heavy atom. The molecule has 1 aromatic carbocycles. The van der Waals surface area contributed by atoms with Crippen LogP contribution in [0.5, 0.6) is 0 Å². The van der Waals surface area contributed by atoms with Gasteiger partial charge in [0.2, 0.25) is 0 Å². The highest BCUT2D eigenvalue weighted by Gasteiger charge is 2.08. The molecule has 1 heterocycles. The van der Waals surface area contributed by atoms with E-state index in [1.54, 1.807) is 0 Å². The molecule has 0 aliphatic rings. The lowest BCUT2D eigenvalue weighted by molar-refractivity contribution is 1.000.